The summed E-state index contributed by atoms with van der Waals surface area (Å²) in [4.78, 5) is 4.26. The summed E-state index contributed by atoms with van der Waals surface area (Å²) in [6.07, 6.45) is 5.74. The van der Waals surface area contributed by atoms with Crippen molar-refractivity contribution in [1.29, 1.82) is 0 Å². The van der Waals surface area contributed by atoms with Gasteiger partial charge in [0.1, 0.15) is 0 Å². The molecular formula is C13H16BrF2N. The SMILES string of the molecule is FC1(F)CCC(C(Br)Cc2ccncc2)CC1. The maximum atomic E-state index is 13.0. The molecule has 1 heterocycles. The Hall–Kier alpha value is -0.510. The molecule has 0 aromatic carbocycles. The summed E-state index contributed by atoms with van der Waals surface area (Å²) >= 11 is 3.65. The predicted molar refractivity (Wildman–Crippen MR) is 67.6 cm³/mol. The van der Waals surface area contributed by atoms with E-state index >= 15 is 0 Å². The number of rotatable bonds is 3. The minimum Gasteiger partial charge on any atom is -0.265 e. The molecular weight excluding hydrogens is 288 g/mol. The van der Waals surface area contributed by atoms with Crippen LogP contribution in [-0.2, 0) is 6.42 Å². The first-order valence-corrected chi connectivity index (χ1v) is 6.89. The first kappa shape index (κ1) is 12.9. The Morgan fingerprint density at radius 1 is 1.29 bits per heavy atom. The van der Waals surface area contributed by atoms with Crippen molar-refractivity contribution in [2.24, 2.45) is 5.92 Å². The molecule has 1 atom stereocenters. The van der Waals surface area contributed by atoms with E-state index < -0.39 is 5.92 Å². The lowest BCUT2D eigenvalue weighted by molar-refractivity contribution is -0.0456. The minimum atomic E-state index is -2.43. The monoisotopic (exact) mass is 303 g/mol. The summed E-state index contributed by atoms with van der Waals surface area (Å²) in [7, 11) is 0. The Bertz CT molecular complexity index is 346. The van der Waals surface area contributed by atoms with Crippen molar-refractivity contribution >= 4 is 15.9 Å². The van der Waals surface area contributed by atoms with Crippen molar-refractivity contribution in [3.05, 3.63) is 30.1 Å². The van der Waals surface area contributed by atoms with E-state index in [1.54, 1.807) is 12.4 Å². The van der Waals surface area contributed by atoms with Crippen LogP contribution < -0.4 is 0 Å². The molecule has 1 fully saturated rings. The number of alkyl halides is 3. The smallest absolute Gasteiger partial charge is 0.248 e. The van der Waals surface area contributed by atoms with Gasteiger partial charge in [0.25, 0.3) is 0 Å². The number of pyridine rings is 1. The van der Waals surface area contributed by atoms with Crippen molar-refractivity contribution in [2.45, 2.75) is 42.9 Å². The van der Waals surface area contributed by atoms with Gasteiger partial charge < -0.3 is 0 Å². The fourth-order valence-electron chi connectivity index (χ4n) is 2.33. The van der Waals surface area contributed by atoms with Gasteiger partial charge in [-0.25, -0.2) is 8.78 Å². The number of aromatic nitrogens is 1. The Balaban J connectivity index is 1.87. The molecule has 1 aliphatic carbocycles. The average Bonchev–Trinajstić information content (AvgIpc) is 2.30. The van der Waals surface area contributed by atoms with Gasteiger partial charge >= 0.3 is 0 Å². The van der Waals surface area contributed by atoms with Crippen molar-refractivity contribution in [3.63, 3.8) is 0 Å². The largest absolute Gasteiger partial charge is 0.265 e. The summed E-state index contributed by atoms with van der Waals surface area (Å²) < 4.78 is 26.1. The second-order valence-electron chi connectivity index (χ2n) is 4.77. The summed E-state index contributed by atoms with van der Waals surface area (Å²) in [5, 5.41) is 0. The molecule has 0 saturated heterocycles. The predicted octanol–water partition coefficient (Wildman–Crippen LogP) is 4.21. The summed E-state index contributed by atoms with van der Waals surface area (Å²) in [5.41, 5.74) is 1.21. The van der Waals surface area contributed by atoms with E-state index in [2.05, 4.69) is 20.9 Å². The zero-order valence-corrected chi connectivity index (χ0v) is 11.2. The van der Waals surface area contributed by atoms with Crippen LogP contribution in [-0.4, -0.2) is 15.7 Å². The van der Waals surface area contributed by atoms with E-state index in [9.17, 15) is 8.78 Å². The Morgan fingerprint density at radius 2 is 1.88 bits per heavy atom. The minimum absolute atomic E-state index is 0.0378. The van der Waals surface area contributed by atoms with Crippen molar-refractivity contribution in [1.82, 2.24) is 4.98 Å². The van der Waals surface area contributed by atoms with Crippen LogP contribution in [0.1, 0.15) is 31.2 Å². The van der Waals surface area contributed by atoms with Gasteiger partial charge in [-0.1, -0.05) is 15.9 Å². The zero-order chi connectivity index (χ0) is 12.3. The Labute approximate surface area is 109 Å². The summed E-state index contributed by atoms with van der Waals surface area (Å²) in [6, 6.07) is 3.96. The average molecular weight is 304 g/mol. The molecule has 1 unspecified atom stereocenters. The molecule has 0 aliphatic heterocycles. The molecule has 1 nitrogen and oxygen atoms in total. The van der Waals surface area contributed by atoms with Gasteiger partial charge in [0.05, 0.1) is 0 Å². The van der Waals surface area contributed by atoms with Gasteiger partial charge in [-0.15, -0.1) is 0 Å². The van der Waals surface area contributed by atoms with Gasteiger partial charge in [0, 0.05) is 30.1 Å². The van der Waals surface area contributed by atoms with Crippen LogP contribution in [0.2, 0.25) is 0 Å². The van der Waals surface area contributed by atoms with Crippen LogP contribution in [0.25, 0.3) is 0 Å². The molecule has 0 radical (unpaired) electrons. The second-order valence-corrected chi connectivity index (χ2v) is 5.95. The highest BCUT2D eigenvalue weighted by Gasteiger charge is 2.36. The third-order valence-electron chi connectivity index (χ3n) is 3.45. The van der Waals surface area contributed by atoms with Crippen LogP contribution in [0, 0.1) is 5.92 Å². The lowest BCUT2D eigenvalue weighted by Gasteiger charge is -2.31. The highest BCUT2D eigenvalue weighted by Crippen LogP contribution is 2.39. The highest BCUT2D eigenvalue weighted by atomic mass is 79.9. The molecule has 4 heteroatoms. The lowest BCUT2D eigenvalue weighted by Crippen LogP contribution is -2.29. The quantitative estimate of drug-likeness (QED) is 0.762. The molecule has 2 rings (SSSR count). The van der Waals surface area contributed by atoms with Crippen LogP contribution in [0.5, 0.6) is 0 Å². The standard InChI is InChI=1S/C13H16BrF2N/c14-12(9-10-3-7-17-8-4-10)11-1-5-13(15,16)6-2-11/h3-4,7-8,11-12H,1-2,5-6,9H2. The Kier molecular flexibility index (Phi) is 4.13. The number of nitrogens with zero attached hydrogens (tertiary/aromatic N) is 1. The number of halogens is 3. The van der Waals surface area contributed by atoms with E-state index in [1.807, 2.05) is 12.1 Å². The number of hydrogen-bond donors (Lipinski definition) is 0. The molecule has 1 aromatic heterocycles. The molecule has 0 bridgehead atoms. The van der Waals surface area contributed by atoms with Crippen molar-refractivity contribution in [3.8, 4) is 0 Å². The molecule has 0 N–H and O–H groups in total. The summed E-state index contributed by atoms with van der Waals surface area (Å²) in [5.74, 6) is -2.07. The maximum Gasteiger partial charge on any atom is 0.248 e. The number of hydrogen-bond acceptors (Lipinski definition) is 1. The second kappa shape index (κ2) is 5.42. The molecule has 0 amide bonds. The third kappa shape index (κ3) is 3.73. The first-order chi connectivity index (χ1) is 8.07. The maximum absolute atomic E-state index is 13.0. The fraction of sp³-hybridized carbons (Fsp3) is 0.615. The van der Waals surface area contributed by atoms with Gasteiger partial charge in [-0.3, -0.25) is 4.98 Å². The van der Waals surface area contributed by atoms with Crippen molar-refractivity contribution < 1.29 is 8.78 Å². The molecule has 1 aromatic rings. The molecule has 1 saturated carbocycles. The van der Waals surface area contributed by atoms with Gasteiger partial charge in [-0.2, -0.15) is 0 Å². The van der Waals surface area contributed by atoms with Gasteiger partial charge in [-0.05, 0) is 42.9 Å². The normalized spacial score (nSPS) is 22.3. The van der Waals surface area contributed by atoms with Crippen LogP contribution >= 0.6 is 15.9 Å². The topological polar surface area (TPSA) is 12.9 Å². The summed E-state index contributed by atoms with van der Waals surface area (Å²) in [6.45, 7) is 0. The Morgan fingerprint density at radius 3 is 2.47 bits per heavy atom. The van der Waals surface area contributed by atoms with E-state index in [0.29, 0.717) is 23.6 Å². The molecule has 1 aliphatic rings. The van der Waals surface area contributed by atoms with E-state index in [1.165, 1.54) is 5.56 Å². The van der Waals surface area contributed by atoms with Gasteiger partial charge in [0.15, 0.2) is 0 Å². The zero-order valence-electron chi connectivity index (χ0n) is 9.58. The molecule has 94 valence electrons. The lowest BCUT2D eigenvalue weighted by atomic mass is 9.83. The van der Waals surface area contributed by atoms with E-state index in [4.69, 9.17) is 0 Å². The van der Waals surface area contributed by atoms with Crippen molar-refractivity contribution in [2.75, 3.05) is 0 Å². The van der Waals surface area contributed by atoms with Crippen LogP contribution in [0.3, 0.4) is 0 Å². The van der Waals surface area contributed by atoms with E-state index in [0.717, 1.165) is 6.42 Å². The molecule has 17 heavy (non-hydrogen) atoms. The molecule has 0 spiro atoms. The first-order valence-electron chi connectivity index (χ1n) is 5.98. The van der Waals surface area contributed by atoms with Crippen LogP contribution in [0.15, 0.2) is 24.5 Å². The van der Waals surface area contributed by atoms with Crippen LogP contribution in [0.4, 0.5) is 8.78 Å². The van der Waals surface area contributed by atoms with E-state index in [-0.39, 0.29) is 12.8 Å². The van der Waals surface area contributed by atoms with Gasteiger partial charge in [0.2, 0.25) is 5.92 Å². The fourth-order valence-corrected chi connectivity index (χ4v) is 3.24. The third-order valence-corrected chi connectivity index (χ3v) is 4.52. The highest BCUT2D eigenvalue weighted by molar-refractivity contribution is 9.09.